The Morgan fingerprint density at radius 1 is 1.31 bits per heavy atom. The molecule has 1 aromatic carbocycles. The minimum Gasteiger partial charge on any atom is -0.324 e. The predicted octanol–water partition coefficient (Wildman–Crippen LogP) is 4.34. The zero-order valence-corrected chi connectivity index (χ0v) is 11.1. The monoisotopic (exact) mass is 299 g/mol. The molecule has 0 aliphatic rings. The van der Waals surface area contributed by atoms with Gasteiger partial charge in [0.1, 0.15) is 5.82 Å². The van der Waals surface area contributed by atoms with Crippen LogP contribution in [0.25, 0.3) is 10.4 Å². The molecule has 0 saturated heterocycles. The van der Waals surface area contributed by atoms with Gasteiger partial charge in [-0.15, -0.1) is 11.3 Å². The third kappa shape index (κ3) is 2.34. The van der Waals surface area contributed by atoms with E-state index in [0.29, 0.717) is 4.47 Å². The standard InChI is InChI=1S/C12H11BrFNS/c1-7(15)11-4-5-12(16-11)8-2-3-10(14)9(13)6-8/h2-7H,15H2,1H3. The van der Waals surface area contributed by atoms with Crippen molar-refractivity contribution in [1.82, 2.24) is 0 Å². The maximum Gasteiger partial charge on any atom is 0.137 e. The van der Waals surface area contributed by atoms with Crippen LogP contribution in [0.1, 0.15) is 17.8 Å². The normalized spacial score (nSPS) is 12.8. The highest BCUT2D eigenvalue weighted by Gasteiger charge is 2.07. The topological polar surface area (TPSA) is 26.0 Å². The average molecular weight is 300 g/mol. The van der Waals surface area contributed by atoms with Gasteiger partial charge in [-0.2, -0.15) is 0 Å². The lowest BCUT2D eigenvalue weighted by molar-refractivity contribution is 0.621. The highest BCUT2D eigenvalue weighted by Crippen LogP contribution is 2.32. The Bertz CT molecular complexity index is 507. The van der Waals surface area contributed by atoms with E-state index in [2.05, 4.69) is 15.9 Å². The maximum absolute atomic E-state index is 13.1. The smallest absolute Gasteiger partial charge is 0.137 e. The van der Waals surface area contributed by atoms with Crippen LogP contribution in [0.15, 0.2) is 34.8 Å². The average Bonchev–Trinajstić information content (AvgIpc) is 2.71. The fourth-order valence-electron chi connectivity index (χ4n) is 1.40. The molecule has 0 radical (unpaired) electrons. The largest absolute Gasteiger partial charge is 0.324 e. The van der Waals surface area contributed by atoms with Crippen LogP contribution in [-0.2, 0) is 0 Å². The molecule has 1 unspecified atom stereocenters. The van der Waals surface area contributed by atoms with Crippen molar-refractivity contribution in [3.8, 4) is 10.4 Å². The van der Waals surface area contributed by atoms with E-state index in [-0.39, 0.29) is 11.9 Å². The molecule has 84 valence electrons. The molecule has 4 heteroatoms. The first-order valence-corrected chi connectivity index (χ1v) is 6.49. The molecule has 0 fully saturated rings. The van der Waals surface area contributed by atoms with Crippen molar-refractivity contribution in [2.75, 3.05) is 0 Å². The first-order valence-electron chi connectivity index (χ1n) is 4.88. The lowest BCUT2D eigenvalue weighted by atomic mass is 10.2. The molecule has 0 spiro atoms. The Morgan fingerprint density at radius 2 is 2.06 bits per heavy atom. The number of nitrogens with two attached hydrogens (primary N) is 1. The summed E-state index contributed by atoms with van der Waals surface area (Å²) in [4.78, 5) is 2.24. The van der Waals surface area contributed by atoms with E-state index in [1.807, 2.05) is 19.1 Å². The summed E-state index contributed by atoms with van der Waals surface area (Å²) in [6.45, 7) is 1.95. The Morgan fingerprint density at radius 3 is 2.62 bits per heavy atom. The molecule has 1 aromatic heterocycles. The van der Waals surface area contributed by atoms with Crippen molar-refractivity contribution in [2.45, 2.75) is 13.0 Å². The minimum absolute atomic E-state index is 0.0441. The van der Waals surface area contributed by atoms with Crippen LogP contribution in [0.2, 0.25) is 0 Å². The highest BCUT2D eigenvalue weighted by molar-refractivity contribution is 9.10. The molecule has 2 rings (SSSR count). The Labute approximate surface area is 106 Å². The van der Waals surface area contributed by atoms with Gasteiger partial charge in [0.2, 0.25) is 0 Å². The van der Waals surface area contributed by atoms with Gasteiger partial charge in [-0.1, -0.05) is 6.07 Å². The molecular weight excluding hydrogens is 289 g/mol. The van der Waals surface area contributed by atoms with E-state index in [1.165, 1.54) is 6.07 Å². The molecule has 0 bridgehead atoms. The minimum atomic E-state index is -0.243. The summed E-state index contributed by atoms with van der Waals surface area (Å²) < 4.78 is 13.6. The van der Waals surface area contributed by atoms with Gasteiger partial charge in [-0.3, -0.25) is 0 Å². The molecule has 16 heavy (non-hydrogen) atoms. The molecule has 1 heterocycles. The summed E-state index contributed by atoms with van der Waals surface area (Å²) in [7, 11) is 0. The quantitative estimate of drug-likeness (QED) is 0.877. The van der Waals surface area contributed by atoms with Crippen LogP contribution in [0.5, 0.6) is 0 Å². The van der Waals surface area contributed by atoms with Gasteiger partial charge in [-0.25, -0.2) is 4.39 Å². The molecule has 0 amide bonds. The molecule has 1 nitrogen and oxygen atoms in total. The zero-order chi connectivity index (χ0) is 11.7. The predicted molar refractivity (Wildman–Crippen MR) is 70.0 cm³/mol. The van der Waals surface area contributed by atoms with E-state index < -0.39 is 0 Å². The Hall–Kier alpha value is -0.710. The van der Waals surface area contributed by atoms with E-state index >= 15 is 0 Å². The second-order valence-electron chi connectivity index (χ2n) is 3.62. The van der Waals surface area contributed by atoms with Crippen molar-refractivity contribution in [3.63, 3.8) is 0 Å². The second kappa shape index (κ2) is 4.65. The fourth-order valence-corrected chi connectivity index (χ4v) is 2.74. The summed E-state index contributed by atoms with van der Waals surface area (Å²) >= 11 is 4.82. The lowest BCUT2D eigenvalue weighted by Crippen LogP contribution is -2.01. The summed E-state index contributed by atoms with van der Waals surface area (Å²) in [5.74, 6) is -0.243. The van der Waals surface area contributed by atoms with Crippen LogP contribution < -0.4 is 5.73 Å². The summed E-state index contributed by atoms with van der Waals surface area (Å²) in [6.07, 6.45) is 0. The molecule has 0 saturated carbocycles. The second-order valence-corrected chi connectivity index (χ2v) is 5.59. The summed E-state index contributed by atoms with van der Waals surface area (Å²) in [6, 6.07) is 9.10. The van der Waals surface area contributed by atoms with Gasteiger partial charge in [0.25, 0.3) is 0 Å². The number of rotatable bonds is 2. The Kier molecular flexibility index (Phi) is 3.42. The molecule has 1 atom stereocenters. The molecule has 0 aliphatic carbocycles. The van der Waals surface area contributed by atoms with E-state index in [0.717, 1.165) is 15.3 Å². The van der Waals surface area contributed by atoms with Gasteiger partial charge in [-0.05, 0) is 52.7 Å². The van der Waals surface area contributed by atoms with Gasteiger partial charge in [0.15, 0.2) is 0 Å². The van der Waals surface area contributed by atoms with E-state index in [4.69, 9.17) is 5.73 Å². The van der Waals surface area contributed by atoms with Gasteiger partial charge >= 0.3 is 0 Å². The van der Waals surface area contributed by atoms with E-state index in [1.54, 1.807) is 23.5 Å². The summed E-state index contributed by atoms with van der Waals surface area (Å²) in [5.41, 5.74) is 6.81. The third-order valence-corrected chi connectivity index (χ3v) is 4.22. The van der Waals surface area contributed by atoms with Crippen LogP contribution in [-0.4, -0.2) is 0 Å². The third-order valence-electron chi connectivity index (χ3n) is 2.28. The van der Waals surface area contributed by atoms with Crippen molar-refractivity contribution in [1.29, 1.82) is 0 Å². The fraction of sp³-hybridized carbons (Fsp3) is 0.167. The van der Waals surface area contributed by atoms with Gasteiger partial charge in [0.05, 0.1) is 4.47 Å². The van der Waals surface area contributed by atoms with E-state index in [9.17, 15) is 4.39 Å². The first kappa shape index (κ1) is 11.8. The number of benzene rings is 1. The van der Waals surface area contributed by atoms with Crippen molar-refractivity contribution in [3.05, 3.63) is 45.5 Å². The number of hydrogen-bond donors (Lipinski definition) is 1. The van der Waals surface area contributed by atoms with Crippen molar-refractivity contribution in [2.24, 2.45) is 5.73 Å². The molecular formula is C12H11BrFNS. The van der Waals surface area contributed by atoms with Crippen LogP contribution in [0.3, 0.4) is 0 Å². The highest BCUT2D eigenvalue weighted by atomic mass is 79.9. The zero-order valence-electron chi connectivity index (χ0n) is 8.71. The van der Waals surface area contributed by atoms with Crippen LogP contribution in [0, 0.1) is 5.82 Å². The number of hydrogen-bond acceptors (Lipinski definition) is 2. The molecule has 2 N–H and O–H groups in total. The summed E-state index contributed by atoms with van der Waals surface area (Å²) in [5, 5.41) is 0. The lowest BCUT2D eigenvalue weighted by Gasteiger charge is -2.01. The molecule has 2 aromatic rings. The Balaban J connectivity index is 2.39. The van der Waals surface area contributed by atoms with Crippen molar-refractivity contribution >= 4 is 27.3 Å². The first-order chi connectivity index (χ1) is 7.58. The molecule has 0 aliphatic heterocycles. The van der Waals surface area contributed by atoms with Gasteiger partial charge < -0.3 is 5.73 Å². The van der Waals surface area contributed by atoms with Crippen LogP contribution in [0.4, 0.5) is 4.39 Å². The maximum atomic E-state index is 13.1. The number of halogens is 2. The van der Waals surface area contributed by atoms with Crippen molar-refractivity contribution < 1.29 is 4.39 Å². The van der Waals surface area contributed by atoms with Gasteiger partial charge in [0, 0.05) is 15.8 Å². The number of thiophene rings is 1. The SMILES string of the molecule is CC(N)c1ccc(-c2ccc(F)c(Br)c2)s1. The van der Waals surface area contributed by atoms with Crippen LogP contribution >= 0.6 is 27.3 Å².